The van der Waals surface area contributed by atoms with E-state index in [2.05, 4.69) is 0 Å². The highest BCUT2D eigenvalue weighted by Crippen LogP contribution is 2.40. The number of hydrogen-bond acceptors (Lipinski definition) is 5. The summed E-state index contributed by atoms with van der Waals surface area (Å²) in [6.07, 6.45) is 0. The first-order valence-electron chi connectivity index (χ1n) is 12.0. The SMILES string of the molecule is COc1ccc(-c2ccc(-c3ccc(OC)cc3OCc3ccccc3)o2)c(OCc2ccccc2)c1. The largest absolute Gasteiger partial charge is 0.497 e. The van der Waals surface area contributed by atoms with Gasteiger partial charge in [0.25, 0.3) is 0 Å². The lowest BCUT2D eigenvalue weighted by molar-refractivity contribution is 0.303. The van der Waals surface area contributed by atoms with Crippen molar-refractivity contribution in [3.8, 4) is 45.6 Å². The van der Waals surface area contributed by atoms with Crippen LogP contribution in [0.1, 0.15) is 11.1 Å². The highest BCUT2D eigenvalue weighted by Gasteiger charge is 2.17. The van der Waals surface area contributed by atoms with E-state index in [1.165, 1.54) is 0 Å². The van der Waals surface area contributed by atoms with E-state index in [1.54, 1.807) is 14.2 Å². The monoisotopic (exact) mass is 492 g/mol. The van der Waals surface area contributed by atoms with E-state index in [4.69, 9.17) is 23.4 Å². The van der Waals surface area contributed by atoms with E-state index < -0.39 is 0 Å². The molecule has 1 heterocycles. The summed E-state index contributed by atoms with van der Waals surface area (Å²) in [5.74, 6) is 4.16. The van der Waals surface area contributed by atoms with Crippen LogP contribution >= 0.6 is 0 Å². The van der Waals surface area contributed by atoms with Crippen LogP contribution < -0.4 is 18.9 Å². The molecule has 5 aromatic rings. The summed E-state index contributed by atoms with van der Waals surface area (Å²) in [4.78, 5) is 0. The normalized spacial score (nSPS) is 10.6. The smallest absolute Gasteiger partial charge is 0.138 e. The quantitative estimate of drug-likeness (QED) is 0.199. The summed E-state index contributed by atoms with van der Waals surface area (Å²) < 4.78 is 29.6. The average molecular weight is 493 g/mol. The van der Waals surface area contributed by atoms with Crippen molar-refractivity contribution in [2.75, 3.05) is 14.2 Å². The van der Waals surface area contributed by atoms with Gasteiger partial charge in [-0.1, -0.05) is 60.7 Å². The molecule has 0 aliphatic carbocycles. The van der Waals surface area contributed by atoms with Gasteiger partial charge in [-0.2, -0.15) is 0 Å². The van der Waals surface area contributed by atoms with Gasteiger partial charge in [0.2, 0.25) is 0 Å². The molecule has 0 N–H and O–H groups in total. The Kier molecular flexibility index (Phi) is 7.42. The molecule has 0 spiro atoms. The van der Waals surface area contributed by atoms with Crippen LogP contribution in [0, 0.1) is 0 Å². The molecular weight excluding hydrogens is 464 g/mol. The van der Waals surface area contributed by atoms with Crippen molar-refractivity contribution >= 4 is 0 Å². The molecule has 0 radical (unpaired) electrons. The first-order valence-corrected chi connectivity index (χ1v) is 12.0. The Balaban J connectivity index is 1.44. The van der Waals surface area contributed by atoms with Gasteiger partial charge in [-0.25, -0.2) is 0 Å². The predicted molar refractivity (Wildman–Crippen MR) is 144 cm³/mol. The summed E-state index contributed by atoms with van der Waals surface area (Å²) in [5, 5.41) is 0. The van der Waals surface area contributed by atoms with Crippen LogP contribution in [0.5, 0.6) is 23.0 Å². The van der Waals surface area contributed by atoms with Crippen LogP contribution in [0.4, 0.5) is 0 Å². The predicted octanol–water partition coefficient (Wildman–Crippen LogP) is 7.79. The summed E-state index contributed by atoms with van der Waals surface area (Å²) in [6, 6.07) is 35.4. The van der Waals surface area contributed by atoms with E-state index in [1.807, 2.05) is 109 Å². The second-order valence-electron chi connectivity index (χ2n) is 8.44. The third-order valence-electron chi connectivity index (χ3n) is 5.99. The van der Waals surface area contributed by atoms with Crippen LogP contribution in [-0.2, 0) is 13.2 Å². The lowest BCUT2D eigenvalue weighted by atomic mass is 10.1. The zero-order valence-electron chi connectivity index (χ0n) is 20.8. The molecule has 5 rings (SSSR count). The van der Waals surface area contributed by atoms with E-state index >= 15 is 0 Å². The molecule has 1 aromatic heterocycles. The van der Waals surface area contributed by atoms with Gasteiger partial charge in [0.15, 0.2) is 0 Å². The molecule has 0 fully saturated rings. The summed E-state index contributed by atoms with van der Waals surface area (Å²) >= 11 is 0. The number of benzene rings is 4. The topological polar surface area (TPSA) is 50.1 Å². The summed E-state index contributed by atoms with van der Waals surface area (Å²) in [7, 11) is 3.28. The van der Waals surface area contributed by atoms with Crippen molar-refractivity contribution in [1.82, 2.24) is 0 Å². The van der Waals surface area contributed by atoms with Gasteiger partial charge < -0.3 is 23.4 Å². The van der Waals surface area contributed by atoms with Gasteiger partial charge in [0.1, 0.15) is 47.7 Å². The van der Waals surface area contributed by atoms with E-state index in [-0.39, 0.29) is 0 Å². The molecule has 4 aromatic carbocycles. The van der Waals surface area contributed by atoms with Crippen molar-refractivity contribution < 1.29 is 23.4 Å². The van der Waals surface area contributed by atoms with Gasteiger partial charge in [-0.3, -0.25) is 0 Å². The van der Waals surface area contributed by atoms with Gasteiger partial charge in [0, 0.05) is 12.1 Å². The summed E-state index contributed by atoms with van der Waals surface area (Å²) in [5.41, 5.74) is 3.83. The van der Waals surface area contributed by atoms with Crippen molar-refractivity contribution in [2.45, 2.75) is 13.2 Å². The molecule has 0 bridgehead atoms. The molecule has 0 aliphatic heterocycles. The molecule has 5 heteroatoms. The fraction of sp³-hybridized carbons (Fsp3) is 0.125. The Morgan fingerprint density at radius 2 is 0.946 bits per heavy atom. The third kappa shape index (κ3) is 5.78. The van der Waals surface area contributed by atoms with Crippen LogP contribution in [0.25, 0.3) is 22.6 Å². The number of furan rings is 1. The van der Waals surface area contributed by atoms with Crippen molar-refractivity contribution in [1.29, 1.82) is 0 Å². The van der Waals surface area contributed by atoms with Gasteiger partial charge in [0.05, 0.1) is 25.3 Å². The van der Waals surface area contributed by atoms with E-state index in [0.717, 1.165) is 22.3 Å². The standard InChI is InChI=1S/C32H28O5/c1-33-25-13-15-27(31(19-25)35-21-23-9-5-3-6-10-23)29-17-18-30(37-29)28-16-14-26(34-2)20-32(28)36-22-24-11-7-4-8-12-24/h3-20H,21-22H2,1-2H3. The van der Waals surface area contributed by atoms with Crippen molar-refractivity contribution in [3.05, 3.63) is 120 Å². The Hall–Kier alpha value is -4.64. The molecule has 5 nitrogen and oxygen atoms in total. The Bertz CT molecular complexity index is 1330. The van der Waals surface area contributed by atoms with Crippen LogP contribution in [-0.4, -0.2) is 14.2 Å². The molecule has 186 valence electrons. The first kappa shape index (κ1) is 24.1. The number of rotatable bonds is 10. The minimum Gasteiger partial charge on any atom is -0.497 e. The zero-order chi connectivity index (χ0) is 25.5. The molecule has 37 heavy (non-hydrogen) atoms. The first-order chi connectivity index (χ1) is 18.2. The fourth-order valence-corrected chi connectivity index (χ4v) is 4.00. The molecule has 0 unspecified atom stereocenters. The lowest BCUT2D eigenvalue weighted by Crippen LogP contribution is -1.97. The lowest BCUT2D eigenvalue weighted by Gasteiger charge is -2.13. The maximum atomic E-state index is 6.35. The molecule has 0 atom stereocenters. The molecular formula is C32H28O5. The van der Waals surface area contributed by atoms with Gasteiger partial charge in [-0.05, 0) is 47.5 Å². The Morgan fingerprint density at radius 3 is 1.35 bits per heavy atom. The van der Waals surface area contributed by atoms with Crippen LogP contribution in [0.15, 0.2) is 114 Å². The minimum absolute atomic E-state index is 0.435. The maximum Gasteiger partial charge on any atom is 0.138 e. The Labute approximate surface area is 216 Å². The average Bonchev–Trinajstić information content (AvgIpc) is 3.45. The highest BCUT2D eigenvalue weighted by molar-refractivity contribution is 5.73. The van der Waals surface area contributed by atoms with E-state index in [9.17, 15) is 0 Å². The van der Waals surface area contributed by atoms with Crippen LogP contribution in [0.3, 0.4) is 0 Å². The number of methoxy groups -OCH3 is 2. The number of ether oxygens (including phenoxy) is 4. The molecule has 0 saturated carbocycles. The van der Waals surface area contributed by atoms with Crippen LogP contribution in [0.2, 0.25) is 0 Å². The van der Waals surface area contributed by atoms with Gasteiger partial charge in [-0.15, -0.1) is 0 Å². The molecule has 0 amide bonds. The maximum absolute atomic E-state index is 6.35. The Morgan fingerprint density at radius 1 is 0.514 bits per heavy atom. The second kappa shape index (κ2) is 11.4. The van der Waals surface area contributed by atoms with Crippen molar-refractivity contribution in [3.63, 3.8) is 0 Å². The van der Waals surface area contributed by atoms with Crippen molar-refractivity contribution in [2.24, 2.45) is 0 Å². The molecule has 0 saturated heterocycles. The summed E-state index contributed by atoms with van der Waals surface area (Å²) in [6.45, 7) is 0.870. The second-order valence-corrected chi connectivity index (χ2v) is 8.44. The minimum atomic E-state index is 0.435. The fourth-order valence-electron chi connectivity index (χ4n) is 4.00. The number of hydrogen-bond donors (Lipinski definition) is 0. The molecule has 0 aliphatic rings. The van der Waals surface area contributed by atoms with Gasteiger partial charge >= 0.3 is 0 Å². The van der Waals surface area contributed by atoms with E-state index in [0.29, 0.717) is 47.7 Å². The zero-order valence-corrected chi connectivity index (χ0v) is 20.8. The third-order valence-corrected chi connectivity index (χ3v) is 5.99. The highest BCUT2D eigenvalue weighted by atomic mass is 16.5.